The predicted octanol–water partition coefficient (Wildman–Crippen LogP) is 3.13. The molecule has 4 unspecified atom stereocenters. The molecule has 1 saturated heterocycles. The van der Waals surface area contributed by atoms with Gasteiger partial charge in [0.2, 0.25) is 0 Å². The van der Waals surface area contributed by atoms with Crippen LogP contribution in [0.15, 0.2) is 12.7 Å². The van der Waals surface area contributed by atoms with E-state index in [2.05, 4.69) is 45.0 Å². The fourth-order valence-corrected chi connectivity index (χ4v) is 4.32. The summed E-state index contributed by atoms with van der Waals surface area (Å²) >= 11 is 0. The molecule has 140 valence electrons. The molecule has 1 aliphatic rings. The number of nitriles is 1. The minimum absolute atomic E-state index is 0.129. The summed E-state index contributed by atoms with van der Waals surface area (Å²) in [5, 5.41) is 8.74. The average Bonchev–Trinajstić information content (AvgIpc) is 2.89. The van der Waals surface area contributed by atoms with Crippen LogP contribution in [-0.4, -0.2) is 62.6 Å². The second-order valence-corrected chi connectivity index (χ2v) is 7.92. The van der Waals surface area contributed by atoms with Crippen LogP contribution in [0, 0.1) is 11.3 Å². The predicted molar refractivity (Wildman–Crippen MR) is 100 cm³/mol. The third-order valence-corrected chi connectivity index (χ3v) is 5.75. The number of hydrogen-bond acceptors (Lipinski definition) is 6. The summed E-state index contributed by atoms with van der Waals surface area (Å²) in [5.74, 6) is 0. The van der Waals surface area contributed by atoms with Crippen molar-refractivity contribution in [3.63, 3.8) is 0 Å². The van der Waals surface area contributed by atoms with Gasteiger partial charge in [-0.1, -0.05) is 6.08 Å². The van der Waals surface area contributed by atoms with Crippen molar-refractivity contribution in [3.8, 4) is 6.07 Å². The van der Waals surface area contributed by atoms with Gasteiger partial charge >= 0.3 is 0 Å². The van der Waals surface area contributed by atoms with E-state index in [1.165, 1.54) is 0 Å². The molecule has 0 amide bonds. The lowest BCUT2D eigenvalue weighted by molar-refractivity contribution is 0.0155. The molecule has 8 heteroatoms. The van der Waals surface area contributed by atoms with Gasteiger partial charge in [0.05, 0.1) is 44.5 Å². The first kappa shape index (κ1) is 22.6. The largest absolute Gasteiger partial charge is 0.380 e. The van der Waals surface area contributed by atoms with Gasteiger partial charge in [0, 0.05) is 24.5 Å². The minimum atomic E-state index is -1.27. The minimum Gasteiger partial charge on any atom is -0.380 e. The van der Waals surface area contributed by atoms with E-state index in [1.807, 2.05) is 0 Å². The van der Waals surface area contributed by atoms with Crippen LogP contribution >= 0.6 is 8.53 Å². The Morgan fingerprint density at radius 2 is 2.04 bits per heavy atom. The second-order valence-electron chi connectivity index (χ2n) is 6.46. The van der Waals surface area contributed by atoms with Gasteiger partial charge in [0.25, 0.3) is 8.53 Å². The van der Waals surface area contributed by atoms with E-state index >= 15 is 0 Å². The van der Waals surface area contributed by atoms with Crippen molar-refractivity contribution in [1.82, 2.24) is 4.67 Å². The normalized spacial score (nSPS) is 24.8. The maximum absolute atomic E-state index is 8.74. The maximum atomic E-state index is 8.74. The Morgan fingerprint density at radius 1 is 1.36 bits per heavy atom. The smallest absolute Gasteiger partial charge is 0.259 e. The third-order valence-electron chi connectivity index (χ3n) is 3.67. The van der Waals surface area contributed by atoms with E-state index in [1.54, 1.807) is 6.08 Å². The van der Waals surface area contributed by atoms with Crippen molar-refractivity contribution in [2.45, 2.75) is 70.8 Å². The zero-order chi connectivity index (χ0) is 18.8. The van der Waals surface area contributed by atoms with Crippen LogP contribution in [0.25, 0.3) is 0 Å². The Labute approximate surface area is 154 Å². The summed E-state index contributed by atoms with van der Waals surface area (Å²) in [7, 11) is 4.70. The highest BCUT2D eigenvalue weighted by Gasteiger charge is 2.34. The molecule has 1 heterocycles. The summed E-state index contributed by atoms with van der Waals surface area (Å²) in [6.45, 7) is 13.3. The monoisotopic (exact) mass is 368 g/mol. The molecule has 0 aliphatic carbocycles. The molecule has 1 rings (SSSR count). The molecule has 2 radical (unpaired) electrons. The highest BCUT2D eigenvalue weighted by atomic mass is 31.2. The topological polar surface area (TPSA) is 64.0 Å². The van der Waals surface area contributed by atoms with Crippen molar-refractivity contribution >= 4 is 16.4 Å². The molecule has 1 fully saturated rings. The first-order chi connectivity index (χ1) is 11.9. The van der Waals surface area contributed by atoms with Crippen molar-refractivity contribution in [2.24, 2.45) is 0 Å². The number of hydrogen-bond donors (Lipinski definition) is 0. The molecule has 0 spiro atoms. The van der Waals surface area contributed by atoms with Crippen molar-refractivity contribution in [1.29, 1.82) is 5.26 Å². The zero-order valence-electron chi connectivity index (χ0n) is 15.8. The van der Waals surface area contributed by atoms with Gasteiger partial charge in [-0.15, -0.1) is 6.58 Å². The molecular weight excluding hydrogens is 338 g/mol. The summed E-state index contributed by atoms with van der Waals surface area (Å²) in [6, 6.07) is 2.18. The lowest BCUT2D eigenvalue weighted by atomic mass is 9.94. The van der Waals surface area contributed by atoms with Crippen LogP contribution in [0.3, 0.4) is 0 Å². The van der Waals surface area contributed by atoms with E-state index in [4.69, 9.17) is 31.6 Å². The molecule has 0 aromatic heterocycles. The Morgan fingerprint density at radius 3 is 2.60 bits per heavy atom. The molecule has 0 aromatic rings. The first-order valence-electron chi connectivity index (χ1n) is 8.75. The van der Waals surface area contributed by atoms with E-state index in [9.17, 15) is 0 Å². The Hall–Kier alpha value is -0.475. The van der Waals surface area contributed by atoms with Crippen LogP contribution in [0.4, 0.5) is 0 Å². The van der Waals surface area contributed by atoms with E-state index in [-0.39, 0.29) is 24.3 Å². The first-order valence-corrected chi connectivity index (χ1v) is 9.88. The van der Waals surface area contributed by atoms with Gasteiger partial charge in [-0.2, -0.15) is 5.26 Å². The summed E-state index contributed by atoms with van der Waals surface area (Å²) in [5.41, 5.74) is 0. The molecule has 0 N–H and O–H groups in total. The van der Waals surface area contributed by atoms with Crippen molar-refractivity contribution < 1.29 is 18.5 Å². The quantitative estimate of drug-likeness (QED) is 0.228. The van der Waals surface area contributed by atoms with Gasteiger partial charge in [-0.3, -0.25) is 0 Å². The Kier molecular flexibility index (Phi) is 10.8. The van der Waals surface area contributed by atoms with Crippen molar-refractivity contribution in [3.05, 3.63) is 12.7 Å². The summed E-state index contributed by atoms with van der Waals surface area (Å²) < 4.78 is 25.4. The van der Waals surface area contributed by atoms with Crippen molar-refractivity contribution in [2.75, 3.05) is 19.8 Å². The fourth-order valence-electron chi connectivity index (χ4n) is 2.68. The summed E-state index contributed by atoms with van der Waals surface area (Å²) in [6.07, 6.45) is 2.44. The lowest BCUT2D eigenvalue weighted by Crippen LogP contribution is -2.34. The molecule has 4 atom stereocenters. The Bertz CT molecular complexity index is 425. The second kappa shape index (κ2) is 12.0. The van der Waals surface area contributed by atoms with Crippen LogP contribution in [0.1, 0.15) is 40.5 Å². The molecule has 0 bridgehead atoms. The highest BCUT2D eigenvalue weighted by Crippen LogP contribution is 2.46. The van der Waals surface area contributed by atoms with Gasteiger partial charge in [0.15, 0.2) is 0 Å². The van der Waals surface area contributed by atoms with E-state index in [0.717, 1.165) is 0 Å². The molecule has 6 nitrogen and oxygen atoms in total. The van der Waals surface area contributed by atoms with Gasteiger partial charge < -0.3 is 18.5 Å². The molecule has 1 aliphatic heterocycles. The SMILES string of the molecule is [B]C1OC(COP(OCCC#N)N(C(C)C)C(C)C)CC1OCC=C. The lowest BCUT2D eigenvalue weighted by Gasteiger charge is -2.35. The van der Waals surface area contributed by atoms with Crippen LogP contribution in [0.5, 0.6) is 0 Å². The Balaban J connectivity index is 2.59. The molecule has 0 aromatic carbocycles. The number of nitrogens with zero attached hydrogens (tertiary/aromatic N) is 2. The van der Waals surface area contributed by atoms with Crippen LogP contribution in [-0.2, 0) is 18.5 Å². The van der Waals surface area contributed by atoms with Crippen LogP contribution < -0.4 is 0 Å². The van der Waals surface area contributed by atoms with Gasteiger partial charge in [0.1, 0.15) is 7.85 Å². The molecule has 25 heavy (non-hydrogen) atoms. The van der Waals surface area contributed by atoms with Gasteiger partial charge in [-0.05, 0) is 27.7 Å². The van der Waals surface area contributed by atoms with E-state index < -0.39 is 14.5 Å². The molecular formula is C17H30BN2O4P. The number of rotatable bonds is 12. The zero-order valence-corrected chi connectivity index (χ0v) is 16.7. The third kappa shape index (κ3) is 7.74. The summed E-state index contributed by atoms with van der Waals surface area (Å²) in [4.78, 5) is 0. The maximum Gasteiger partial charge on any atom is 0.259 e. The van der Waals surface area contributed by atoms with Crippen LogP contribution in [0.2, 0.25) is 0 Å². The molecule has 0 saturated carbocycles. The van der Waals surface area contributed by atoms with Gasteiger partial charge in [-0.25, -0.2) is 4.67 Å². The average molecular weight is 368 g/mol. The highest BCUT2D eigenvalue weighted by molar-refractivity contribution is 7.44. The number of ether oxygens (including phenoxy) is 2. The van der Waals surface area contributed by atoms with E-state index in [0.29, 0.717) is 32.7 Å². The standard InChI is InChI=1S/C17H30BN2O4P/c1-6-9-21-16-11-15(24-17(16)18)12-23-25(22-10-7-8-19)20(13(2)3)14(4)5/h6,13-17H,1,7,9-12H2,2-5H3. The fraction of sp³-hybridized carbons (Fsp3) is 0.824.